The summed E-state index contributed by atoms with van der Waals surface area (Å²) in [7, 11) is 0. The summed E-state index contributed by atoms with van der Waals surface area (Å²) in [6.45, 7) is 9.38. The number of nitrogens with one attached hydrogen (secondary N) is 2. The number of unbranched alkanes of at least 4 members (excludes halogenated alkanes) is 7. The monoisotopic (exact) mass is 535 g/mol. The fraction of sp³-hybridized carbons (Fsp3) is 0.690. The van der Waals surface area contributed by atoms with Crippen LogP contribution in [0, 0.1) is 0 Å². The van der Waals surface area contributed by atoms with Crippen LogP contribution in [0.25, 0.3) is 0 Å². The second-order valence-electron chi connectivity index (χ2n) is 10.7. The quantitative estimate of drug-likeness (QED) is 0.212. The summed E-state index contributed by atoms with van der Waals surface area (Å²) in [6, 6.07) is 3.94. The van der Waals surface area contributed by atoms with Crippen LogP contribution in [0.3, 0.4) is 0 Å². The molecule has 1 aromatic rings. The minimum atomic E-state index is -1.29. The van der Waals surface area contributed by atoms with Crippen LogP contribution in [0.5, 0.6) is 5.75 Å². The Balaban J connectivity index is 3.28. The number of hydrogen-bond acceptors (Lipinski definition) is 6. The summed E-state index contributed by atoms with van der Waals surface area (Å²) in [5.41, 5.74) is -0.334. The molecule has 0 heterocycles. The predicted octanol–water partition coefficient (Wildman–Crippen LogP) is 4.81. The van der Waals surface area contributed by atoms with Gasteiger partial charge in [0.25, 0.3) is 0 Å². The highest BCUT2D eigenvalue weighted by Gasteiger charge is 2.36. The molecule has 216 valence electrons. The molecular formula is C29H49N3O6. The zero-order valence-corrected chi connectivity index (χ0v) is 23.9. The number of alkyl carbamates (subject to hydrolysis) is 1. The van der Waals surface area contributed by atoms with E-state index in [0.717, 1.165) is 51.4 Å². The fourth-order valence-electron chi connectivity index (χ4n) is 4.12. The van der Waals surface area contributed by atoms with Gasteiger partial charge >= 0.3 is 6.09 Å². The Kier molecular flexibility index (Phi) is 15.4. The number of phenols is 1. The number of amides is 3. The topological polar surface area (TPSA) is 128 Å². The summed E-state index contributed by atoms with van der Waals surface area (Å²) in [4.78, 5) is 41.1. The molecule has 0 aliphatic rings. The molecule has 2 unspecified atom stereocenters. The molecule has 0 fully saturated rings. The number of aromatic hydroxyl groups is 1. The lowest BCUT2D eigenvalue weighted by Crippen LogP contribution is -2.54. The van der Waals surface area contributed by atoms with Crippen molar-refractivity contribution in [2.45, 2.75) is 110 Å². The van der Waals surface area contributed by atoms with Gasteiger partial charge in [-0.3, -0.25) is 9.59 Å². The molecule has 0 saturated carbocycles. The van der Waals surface area contributed by atoms with E-state index in [1.165, 1.54) is 17.0 Å². The number of ether oxygens (including phenoxy) is 1. The van der Waals surface area contributed by atoms with Gasteiger partial charge < -0.3 is 30.5 Å². The highest BCUT2D eigenvalue weighted by Crippen LogP contribution is 2.26. The van der Waals surface area contributed by atoms with Gasteiger partial charge in [-0.2, -0.15) is 0 Å². The molecule has 4 N–H and O–H groups in total. The third kappa shape index (κ3) is 12.6. The summed E-state index contributed by atoms with van der Waals surface area (Å²) >= 11 is 0. The van der Waals surface area contributed by atoms with E-state index < -0.39 is 36.3 Å². The lowest BCUT2D eigenvalue weighted by molar-refractivity contribution is -0.143. The van der Waals surface area contributed by atoms with Gasteiger partial charge in [-0.15, -0.1) is 0 Å². The molecule has 9 heteroatoms. The first-order chi connectivity index (χ1) is 18.0. The standard InChI is InChI=1S/C29H49N3O6/c1-6-8-10-11-12-14-19-32(27(36)24(21-33)31-28(37)38-29(3,4)5)25(22-16-15-17-23(34)20-22)26(35)30-18-13-9-7-2/h15-17,20,24-25,33-34H,6-14,18-19,21H2,1-5H3,(H,30,35)(H,31,37). The van der Waals surface area contributed by atoms with Gasteiger partial charge in [0, 0.05) is 13.1 Å². The van der Waals surface area contributed by atoms with Crippen molar-refractivity contribution in [1.29, 1.82) is 0 Å². The van der Waals surface area contributed by atoms with Crippen molar-refractivity contribution in [3.05, 3.63) is 29.8 Å². The van der Waals surface area contributed by atoms with Gasteiger partial charge in [-0.1, -0.05) is 70.9 Å². The minimum absolute atomic E-state index is 0.0242. The first kappa shape index (κ1) is 33.2. The average molecular weight is 536 g/mol. The van der Waals surface area contributed by atoms with Crippen molar-refractivity contribution >= 4 is 17.9 Å². The zero-order chi connectivity index (χ0) is 28.6. The molecule has 0 aliphatic carbocycles. The van der Waals surface area contributed by atoms with Crippen molar-refractivity contribution in [2.24, 2.45) is 0 Å². The van der Waals surface area contributed by atoms with E-state index in [1.54, 1.807) is 32.9 Å². The van der Waals surface area contributed by atoms with E-state index in [9.17, 15) is 24.6 Å². The molecule has 0 saturated heterocycles. The first-order valence-electron chi connectivity index (χ1n) is 14.0. The summed E-state index contributed by atoms with van der Waals surface area (Å²) in [5, 5.41) is 25.6. The first-order valence-corrected chi connectivity index (χ1v) is 14.0. The summed E-state index contributed by atoms with van der Waals surface area (Å²) in [5.74, 6) is -0.993. The molecule has 0 aliphatic heterocycles. The molecule has 1 rings (SSSR count). The van der Waals surface area contributed by atoms with E-state index in [0.29, 0.717) is 18.5 Å². The van der Waals surface area contributed by atoms with E-state index in [1.807, 2.05) is 0 Å². The fourth-order valence-corrected chi connectivity index (χ4v) is 4.12. The number of nitrogens with zero attached hydrogens (tertiary/aromatic N) is 1. The van der Waals surface area contributed by atoms with Crippen LogP contribution >= 0.6 is 0 Å². The highest BCUT2D eigenvalue weighted by atomic mass is 16.6. The third-order valence-corrected chi connectivity index (χ3v) is 6.03. The van der Waals surface area contributed by atoms with E-state index in [2.05, 4.69) is 24.5 Å². The second kappa shape index (κ2) is 17.7. The van der Waals surface area contributed by atoms with Gasteiger partial charge in [0.05, 0.1) is 6.61 Å². The van der Waals surface area contributed by atoms with Gasteiger partial charge in [-0.05, 0) is 51.3 Å². The number of benzene rings is 1. The molecule has 38 heavy (non-hydrogen) atoms. The van der Waals surface area contributed by atoms with Crippen molar-refractivity contribution in [3.63, 3.8) is 0 Å². The van der Waals surface area contributed by atoms with Crippen molar-refractivity contribution in [3.8, 4) is 5.75 Å². The predicted molar refractivity (Wildman–Crippen MR) is 149 cm³/mol. The van der Waals surface area contributed by atoms with Gasteiger partial charge in [-0.25, -0.2) is 4.79 Å². The van der Waals surface area contributed by atoms with Crippen LogP contribution in [-0.4, -0.2) is 64.4 Å². The maximum atomic E-state index is 13.8. The van der Waals surface area contributed by atoms with Crippen LogP contribution in [0.15, 0.2) is 24.3 Å². The Morgan fingerprint density at radius 2 is 1.61 bits per heavy atom. The van der Waals surface area contributed by atoms with E-state index in [-0.39, 0.29) is 18.2 Å². The molecule has 0 bridgehead atoms. The molecular weight excluding hydrogens is 486 g/mol. The Bertz CT molecular complexity index is 855. The SMILES string of the molecule is CCCCCCCCN(C(=O)C(CO)NC(=O)OC(C)(C)C)C(C(=O)NCCCCC)c1cccc(O)c1. The van der Waals surface area contributed by atoms with Gasteiger partial charge in [0.15, 0.2) is 0 Å². The maximum Gasteiger partial charge on any atom is 0.408 e. The van der Waals surface area contributed by atoms with Crippen LogP contribution in [-0.2, 0) is 14.3 Å². The van der Waals surface area contributed by atoms with Gasteiger partial charge in [0.2, 0.25) is 11.8 Å². The Morgan fingerprint density at radius 3 is 2.21 bits per heavy atom. The lowest BCUT2D eigenvalue weighted by Gasteiger charge is -2.34. The third-order valence-electron chi connectivity index (χ3n) is 6.03. The minimum Gasteiger partial charge on any atom is -0.508 e. The average Bonchev–Trinajstić information content (AvgIpc) is 2.85. The Hall–Kier alpha value is -2.81. The van der Waals surface area contributed by atoms with Crippen LogP contribution in [0.2, 0.25) is 0 Å². The smallest absolute Gasteiger partial charge is 0.408 e. The van der Waals surface area contributed by atoms with Crippen LogP contribution in [0.1, 0.15) is 104 Å². The molecule has 2 atom stereocenters. The number of carbonyl (C=O) groups is 3. The normalized spacial score (nSPS) is 12.9. The molecule has 3 amide bonds. The molecule has 1 aromatic carbocycles. The largest absolute Gasteiger partial charge is 0.508 e. The second-order valence-corrected chi connectivity index (χ2v) is 10.7. The Morgan fingerprint density at radius 1 is 0.974 bits per heavy atom. The lowest BCUT2D eigenvalue weighted by atomic mass is 10.0. The van der Waals surface area contributed by atoms with Crippen LogP contribution < -0.4 is 10.6 Å². The molecule has 9 nitrogen and oxygen atoms in total. The maximum absolute atomic E-state index is 13.8. The number of aliphatic hydroxyl groups excluding tert-OH is 1. The van der Waals surface area contributed by atoms with E-state index >= 15 is 0 Å². The highest BCUT2D eigenvalue weighted by molar-refractivity contribution is 5.92. The molecule has 0 spiro atoms. The summed E-state index contributed by atoms with van der Waals surface area (Å²) in [6.07, 6.45) is 7.83. The number of aliphatic hydroxyl groups is 1. The zero-order valence-electron chi connectivity index (χ0n) is 23.9. The number of rotatable bonds is 17. The van der Waals surface area contributed by atoms with Crippen molar-refractivity contribution < 1.29 is 29.3 Å². The van der Waals surface area contributed by atoms with Crippen molar-refractivity contribution in [2.75, 3.05) is 19.7 Å². The number of carbonyl (C=O) groups excluding carboxylic acids is 3. The molecule has 0 radical (unpaired) electrons. The Labute approximate surface area is 228 Å². The molecule has 0 aromatic heterocycles. The van der Waals surface area contributed by atoms with Crippen molar-refractivity contribution in [1.82, 2.24) is 15.5 Å². The van der Waals surface area contributed by atoms with Gasteiger partial charge in [0.1, 0.15) is 23.4 Å². The van der Waals surface area contributed by atoms with Crippen LogP contribution in [0.4, 0.5) is 4.79 Å². The van der Waals surface area contributed by atoms with E-state index in [4.69, 9.17) is 4.74 Å². The number of hydrogen-bond donors (Lipinski definition) is 4. The number of phenolic OH excluding ortho intramolecular Hbond substituents is 1. The summed E-state index contributed by atoms with van der Waals surface area (Å²) < 4.78 is 5.28.